The summed E-state index contributed by atoms with van der Waals surface area (Å²) in [6, 6.07) is 0. The second-order valence-electron chi connectivity index (χ2n) is 2.90. The normalized spacial score (nSPS) is 12.6. The van der Waals surface area contributed by atoms with Gasteiger partial charge in [0.1, 0.15) is 5.44 Å². The third-order valence-electron chi connectivity index (χ3n) is 1.54. The van der Waals surface area contributed by atoms with Crippen LogP contribution in [0.5, 0.6) is 0 Å². The van der Waals surface area contributed by atoms with E-state index in [0.29, 0.717) is 6.42 Å². The molecule has 0 fully saturated rings. The highest BCUT2D eigenvalue weighted by atomic mass is 32.1. The summed E-state index contributed by atoms with van der Waals surface area (Å²) in [5.41, 5.74) is -0.274. The predicted octanol–water partition coefficient (Wildman–Crippen LogP) is 2.78. The second kappa shape index (κ2) is 7.47. The Morgan fingerprint density at radius 1 is 1.42 bits per heavy atom. The minimum Gasteiger partial charge on any atom is -0.452 e. The van der Waals surface area contributed by atoms with E-state index in [0.717, 1.165) is 12.8 Å². The fourth-order valence-corrected chi connectivity index (χ4v) is 1.06. The second-order valence-corrected chi connectivity index (χ2v) is 3.63. The molecule has 0 rings (SSSR count). The lowest BCUT2D eigenvalue weighted by molar-refractivity contribution is -0.144. The standard InChI is InChI=1S/C9H18O2S/c1-3-4-5-6-7-9(10)11-8(2)12/h8,12H,3-7H2,1-2H3. The average molecular weight is 190 g/mol. The number of hydrogen-bond acceptors (Lipinski definition) is 3. The summed E-state index contributed by atoms with van der Waals surface area (Å²) in [7, 11) is 0. The van der Waals surface area contributed by atoms with Crippen LogP contribution in [0.4, 0.5) is 0 Å². The van der Waals surface area contributed by atoms with Crippen molar-refractivity contribution < 1.29 is 9.53 Å². The molecule has 3 heteroatoms. The van der Waals surface area contributed by atoms with E-state index in [4.69, 9.17) is 4.74 Å². The molecule has 0 saturated carbocycles. The minimum atomic E-state index is -0.274. The molecule has 0 aliphatic carbocycles. The van der Waals surface area contributed by atoms with Crippen LogP contribution < -0.4 is 0 Å². The molecular weight excluding hydrogens is 172 g/mol. The number of carbonyl (C=O) groups is 1. The molecule has 72 valence electrons. The highest BCUT2D eigenvalue weighted by Gasteiger charge is 2.04. The summed E-state index contributed by atoms with van der Waals surface area (Å²) in [6.45, 7) is 3.89. The lowest BCUT2D eigenvalue weighted by Crippen LogP contribution is -2.08. The molecule has 0 aliphatic heterocycles. The van der Waals surface area contributed by atoms with E-state index in [1.165, 1.54) is 12.8 Å². The molecule has 12 heavy (non-hydrogen) atoms. The Morgan fingerprint density at radius 2 is 2.08 bits per heavy atom. The van der Waals surface area contributed by atoms with Crippen LogP contribution in [-0.2, 0) is 9.53 Å². The van der Waals surface area contributed by atoms with Crippen LogP contribution in [0.3, 0.4) is 0 Å². The number of hydrogen-bond donors (Lipinski definition) is 1. The van der Waals surface area contributed by atoms with Crippen LogP contribution >= 0.6 is 12.6 Å². The maximum Gasteiger partial charge on any atom is 0.306 e. The molecule has 0 aromatic carbocycles. The van der Waals surface area contributed by atoms with Gasteiger partial charge >= 0.3 is 5.97 Å². The van der Waals surface area contributed by atoms with Crippen molar-refractivity contribution in [3.63, 3.8) is 0 Å². The fraction of sp³-hybridized carbons (Fsp3) is 0.889. The van der Waals surface area contributed by atoms with Gasteiger partial charge in [-0.25, -0.2) is 0 Å². The summed E-state index contributed by atoms with van der Waals surface area (Å²) >= 11 is 3.96. The lowest BCUT2D eigenvalue weighted by atomic mass is 10.2. The topological polar surface area (TPSA) is 26.3 Å². The van der Waals surface area contributed by atoms with E-state index in [1.54, 1.807) is 6.92 Å². The number of carbonyl (C=O) groups excluding carboxylic acids is 1. The van der Waals surface area contributed by atoms with E-state index < -0.39 is 0 Å². The molecule has 0 amide bonds. The number of ether oxygens (including phenoxy) is 1. The number of unbranched alkanes of at least 4 members (excludes halogenated alkanes) is 3. The van der Waals surface area contributed by atoms with E-state index in [9.17, 15) is 4.79 Å². The zero-order chi connectivity index (χ0) is 9.40. The average Bonchev–Trinajstić information content (AvgIpc) is 1.97. The van der Waals surface area contributed by atoms with Crippen LogP contribution in [0, 0.1) is 0 Å². The van der Waals surface area contributed by atoms with Crippen molar-refractivity contribution >= 4 is 18.6 Å². The fourth-order valence-electron chi connectivity index (χ4n) is 0.945. The van der Waals surface area contributed by atoms with Gasteiger partial charge in [-0.15, -0.1) is 12.6 Å². The number of rotatable bonds is 6. The summed E-state index contributed by atoms with van der Waals surface area (Å²) < 4.78 is 4.86. The lowest BCUT2D eigenvalue weighted by Gasteiger charge is -2.06. The van der Waals surface area contributed by atoms with Crippen molar-refractivity contribution in [2.24, 2.45) is 0 Å². The Labute approximate surface area is 80.1 Å². The molecule has 0 aromatic heterocycles. The molecule has 1 unspecified atom stereocenters. The van der Waals surface area contributed by atoms with Gasteiger partial charge in [-0.05, 0) is 13.3 Å². The van der Waals surface area contributed by atoms with E-state index in [1.807, 2.05) is 0 Å². The summed E-state index contributed by atoms with van der Waals surface area (Å²) in [6.07, 6.45) is 4.98. The highest BCUT2D eigenvalue weighted by molar-refractivity contribution is 7.80. The van der Waals surface area contributed by atoms with E-state index in [2.05, 4.69) is 19.6 Å². The van der Waals surface area contributed by atoms with Crippen molar-refractivity contribution in [3.8, 4) is 0 Å². The molecular formula is C9H18O2S. The SMILES string of the molecule is CCCCCCC(=O)OC(C)S. The Bertz CT molecular complexity index is 124. The van der Waals surface area contributed by atoms with Crippen molar-refractivity contribution in [2.45, 2.75) is 51.4 Å². The molecule has 0 aliphatic rings. The maximum atomic E-state index is 10.9. The van der Waals surface area contributed by atoms with Gasteiger partial charge in [0.25, 0.3) is 0 Å². The molecule has 1 atom stereocenters. The van der Waals surface area contributed by atoms with Crippen molar-refractivity contribution in [1.82, 2.24) is 0 Å². The minimum absolute atomic E-state index is 0.131. The van der Waals surface area contributed by atoms with E-state index in [-0.39, 0.29) is 11.4 Å². The monoisotopic (exact) mass is 190 g/mol. The molecule has 0 bridgehead atoms. The Balaban J connectivity index is 3.20. The zero-order valence-corrected chi connectivity index (χ0v) is 8.77. The highest BCUT2D eigenvalue weighted by Crippen LogP contribution is 2.05. The first-order valence-electron chi connectivity index (χ1n) is 4.54. The zero-order valence-electron chi connectivity index (χ0n) is 7.88. The molecule has 0 aromatic rings. The van der Waals surface area contributed by atoms with Gasteiger partial charge in [-0.2, -0.15) is 0 Å². The number of esters is 1. The van der Waals surface area contributed by atoms with Gasteiger partial charge in [-0.1, -0.05) is 26.2 Å². The Morgan fingerprint density at radius 3 is 2.58 bits per heavy atom. The predicted molar refractivity (Wildman–Crippen MR) is 53.3 cm³/mol. The first-order chi connectivity index (χ1) is 5.66. The summed E-state index contributed by atoms with van der Waals surface area (Å²) in [5.74, 6) is -0.131. The van der Waals surface area contributed by atoms with E-state index >= 15 is 0 Å². The third-order valence-corrected chi connectivity index (χ3v) is 1.64. The largest absolute Gasteiger partial charge is 0.452 e. The van der Waals surface area contributed by atoms with Gasteiger partial charge in [0.15, 0.2) is 0 Å². The van der Waals surface area contributed by atoms with Gasteiger partial charge in [0.05, 0.1) is 0 Å². The Hall–Kier alpha value is -0.180. The van der Waals surface area contributed by atoms with Crippen molar-refractivity contribution in [3.05, 3.63) is 0 Å². The molecule has 0 saturated heterocycles. The third kappa shape index (κ3) is 7.92. The van der Waals surface area contributed by atoms with Gasteiger partial charge in [-0.3, -0.25) is 4.79 Å². The molecule has 2 nitrogen and oxygen atoms in total. The first-order valence-corrected chi connectivity index (χ1v) is 5.06. The van der Waals surface area contributed by atoms with Crippen LogP contribution in [0.2, 0.25) is 0 Å². The van der Waals surface area contributed by atoms with Gasteiger partial charge in [0.2, 0.25) is 0 Å². The van der Waals surface area contributed by atoms with Crippen LogP contribution in [-0.4, -0.2) is 11.4 Å². The van der Waals surface area contributed by atoms with Crippen LogP contribution in [0.25, 0.3) is 0 Å². The molecule has 0 spiro atoms. The van der Waals surface area contributed by atoms with Crippen molar-refractivity contribution in [2.75, 3.05) is 0 Å². The quantitative estimate of drug-likeness (QED) is 0.302. The van der Waals surface area contributed by atoms with Gasteiger partial charge in [0, 0.05) is 6.42 Å². The van der Waals surface area contributed by atoms with Gasteiger partial charge < -0.3 is 4.74 Å². The summed E-state index contributed by atoms with van der Waals surface area (Å²) in [4.78, 5) is 10.9. The maximum absolute atomic E-state index is 10.9. The van der Waals surface area contributed by atoms with Crippen LogP contribution in [0.1, 0.15) is 46.0 Å². The molecule has 0 radical (unpaired) electrons. The number of thiol groups is 1. The molecule has 0 heterocycles. The van der Waals surface area contributed by atoms with Crippen LogP contribution in [0.15, 0.2) is 0 Å². The summed E-state index contributed by atoms with van der Waals surface area (Å²) in [5, 5.41) is 0. The first kappa shape index (κ1) is 11.8. The molecule has 0 N–H and O–H groups in total. The van der Waals surface area contributed by atoms with Crippen molar-refractivity contribution in [1.29, 1.82) is 0 Å². The Kier molecular flexibility index (Phi) is 7.36. The smallest absolute Gasteiger partial charge is 0.306 e.